The van der Waals surface area contributed by atoms with Gasteiger partial charge in [0.1, 0.15) is 5.01 Å². The summed E-state index contributed by atoms with van der Waals surface area (Å²) in [6.45, 7) is 1.63. The van der Waals surface area contributed by atoms with Crippen LogP contribution in [-0.4, -0.2) is 16.9 Å². The third-order valence-corrected chi connectivity index (χ3v) is 4.06. The van der Waals surface area contributed by atoms with E-state index in [9.17, 15) is 0 Å². The van der Waals surface area contributed by atoms with Crippen molar-refractivity contribution < 1.29 is 0 Å². The Morgan fingerprint density at radius 1 is 1.28 bits per heavy atom. The maximum atomic E-state index is 6.14. The Morgan fingerprint density at radius 2 is 2.06 bits per heavy atom. The normalized spacial score (nSPS) is 11.1. The van der Waals surface area contributed by atoms with E-state index in [2.05, 4.69) is 16.9 Å². The lowest BCUT2D eigenvalue weighted by molar-refractivity contribution is 0.318. The lowest BCUT2D eigenvalue weighted by atomic mass is 10.2. The van der Waals surface area contributed by atoms with Gasteiger partial charge < -0.3 is 0 Å². The van der Waals surface area contributed by atoms with Crippen LogP contribution in [-0.2, 0) is 19.0 Å². The maximum absolute atomic E-state index is 6.14. The molecule has 0 amide bonds. The van der Waals surface area contributed by atoms with Crippen molar-refractivity contribution in [2.45, 2.75) is 19.0 Å². The van der Waals surface area contributed by atoms with E-state index in [1.807, 2.05) is 29.6 Å². The van der Waals surface area contributed by atoms with Gasteiger partial charge in [0.25, 0.3) is 0 Å². The zero-order valence-electron chi connectivity index (χ0n) is 10.1. The van der Waals surface area contributed by atoms with Crippen LogP contribution in [0.4, 0.5) is 0 Å². The Balaban J connectivity index is 1.96. The van der Waals surface area contributed by atoms with Crippen LogP contribution in [0.15, 0.2) is 29.6 Å². The third kappa shape index (κ3) is 3.69. The van der Waals surface area contributed by atoms with E-state index < -0.39 is 0 Å². The quantitative estimate of drug-likeness (QED) is 0.771. The average molecular weight is 301 g/mol. The maximum Gasteiger partial charge on any atom is 0.107 e. The number of alkyl halides is 1. The molecule has 18 heavy (non-hydrogen) atoms. The Morgan fingerprint density at radius 3 is 2.72 bits per heavy atom. The number of hydrogen-bond donors (Lipinski definition) is 0. The summed E-state index contributed by atoms with van der Waals surface area (Å²) in [6.07, 6.45) is 0. The molecular weight excluding hydrogens is 287 g/mol. The van der Waals surface area contributed by atoms with E-state index in [4.69, 9.17) is 23.2 Å². The van der Waals surface area contributed by atoms with Gasteiger partial charge in [-0.1, -0.05) is 29.8 Å². The molecule has 1 heterocycles. The van der Waals surface area contributed by atoms with Gasteiger partial charge >= 0.3 is 0 Å². The van der Waals surface area contributed by atoms with Crippen molar-refractivity contribution in [3.63, 3.8) is 0 Å². The van der Waals surface area contributed by atoms with Gasteiger partial charge in [-0.3, -0.25) is 4.90 Å². The largest absolute Gasteiger partial charge is 0.295 e. The molecule has 0 saturated heterocycles. The van der Waals surface area contributed by atoms with E-state index in [-0.39, 0.29) is 0 Å². The molecule has 1 aromatic carbocycles. The summed E-state index contributed by atoms with van der Waals surface area (Å²) < 4.78 is 0. The number of benzene rings is 1. The number of thiazole rings is 1. The first-order valence-corrected chi connectivity index (χ1v) is 7.39. The van der Waals surface area contributed by atoms with Crippen molar-refractivity contribution in [3.05, 3.63) is 50.9 Å². The van der Waals surface area contributed by atoms with Gasteiger partial charge in [0, 0.05) is 16.9 Å². The first-order valence-electron chi connectivity index (χ1n) is 5.60. The van der Waals surface area contributed by atoms with Crippen LogP contribution in [0.5, 0.6) is 0 Å². The van der Waals surface area contributed by atoms with Gasteiger partial charge in [-0.15, -0.1) is 22.9 Å². The molecule has 2 aromatic rings. The second-order valence-corrected chi connectivity index (χ2v) is 5.75. The highest BCUT2D eigenvalue weighted by Crippen LogP contribution is 2.18. The van der Waals surface area contributed by atoms with Gasteiger partial charge in [-0.05, 0) is 18.7 Å². The molecule has 0 saturated carbocycles. The fourth-order valence-electron chi connectivity index (χ4n) is 1.69. The van der Waals surface area contributed by atoms with Crippen LogP contribution in [0, 0.1) is 0 Å². The molecule has 0 unspecified atom stereocenters. The molecule has 0 radical (unpaired) electrons. The number of hydrogen-bond acceptors (Lipinski definition) is 3. The molecule has 1 aromatic heterocycles. The van der Waals surface area contributed by atoms with Gasteiger partial charge in [-0.25, -0.2) is 4.98 Å². The fraction of sp³-hybridized carbons (Fsp3) is 0.308. The topological polar surface area (TPSA) is 16.1 Å². The number of halogens is 2. The Kier molecular flexibility index (Phi) is 5.01. The summed E-state index contributed by atoms with van der Waals surface area (Å²) in [5.74, 6) is 0.477. The third-order valence-electron chi connectivity index (χ3n) is 2.54. The Bertz CT molecular complexity index is 513. The molecule has 96 valence electrons. The summed E-state index contributed by atoms with van der Waals surface area (Å²) in [4.78, 5) is 6.64. The lowest BCUT2D eigenvalue weighted by Crippen LogP contribution is -2.17. The fourth-order valence-corrected chi connectivity index (χ4v) is 2.98. The number of nitrogens with zero attached hydrogens (tertiary/aromatic N) is 2. The van der Waals surface area contributed by atoms with Crippen LogP contribution in [0.3, 0.4) is 0 Å². The lowest BCUT2D eigenvalue weighted by Gasteiger charge is -2.15. The number of rotatable bonds is 5. The average Bonchev–Trinajstić information content (AvgIpc) is 2.80. The van der Waals surface area contributed by atoms with Gasteiger partial charge in [0.05, 0.1) is 18.1 Å². The molecule has 0 fully saturated rings. The SMILES string of the molecule is CN(Cc1nc(CCl)cs1)Cc1ccccc1Cl. The molecule has 0 aliphatic rings. The minimum Gasteiger partial charge on any atom is -0.295 e. The summed E-state index contributed by atoms with van der Waals surface area (Å²) in [7, 11) is 2.06. The highest BCUT2D eigenvalue weighted by Gasteiger charge is 2.07. The minimum absolute atomic E-state index is 0.477. The summed E-state index contributed by atoms with van der Waals surface area (Å²) in [5.41, 5.74) is 2.08. The summed E-state index contributed by atoms with van der Waals surface area (Å²) in [6, 6.07) is 7.91. The molecule has 0 N–H and O–H groups in total. The van der Waals surface area contributed by atoms with Crippen molar-refractivity contribution in [1.82, 2.24) is 9.88 Å². The predicted molar refractivity (Wildman–Crippen MR) is 78.3 cm³/mol. The van der Waals surface area contributed by atoms with E-state index >= 15 is 0 Å². The van der Waals surface area contributed by atoms with Crippen molar-refractivity contribution in [1.29, 1.82) is 0 Å². The number of aromatic nitrogens is 1. The zero-order chi connectivity index (χ0) is 13.0. The highest BCUT2D eigenvalue weighted by atomic mass is 35.5. The Hall–Kier alpha value is -0.610. The minimum atomic E-state index is 0.477. The first kappa shape index (κ1) is 13.8. The van der Waals surface area contributed by atoms with Crippen LogP contribution in [0.25, 0.3) is 0 Å². The molecule has 5 heteroatoms. The molecule has 2 rings (SSSR count). The zero-order valence-corrected chi connectivity index (χ0v) is 12.4. The van der Waals surface area contributed by atoms with E-state index in [0.717, 1.165) is 34.4 Å². The summed E-state index contributed by atoms with van der Waals surface area (Å²) in [5, 5.41) is 3.90. The first-order chi connectivity index (χ1) is 8.69. The predicted octanol–water partition coefficient (Wildman–Crippen LogP) is 4.17. The smallest absolute Gasteiger partial charge is 0.107 e. The van der Waals surface area contributed by atoms with Crippen LogP contribution >= 0.6 is 34.5 Å². The molecular formula is C13H14Cl2N2S. The molecule has 0 spiro atoms. The monoisotopic (exact) mass is 300 g/mol. The van der Waals surface area contributed by atoms with Gasteiger partial charge in [0.2, 0.25) is 0 Å². The van der Waals surface area contributed by atoms with Crippen molar-refractivity contribution in [3.8, 4) is 0 Å². The molecule has 2 nitrogen and oxygen atoms in total. The van der Waals surface area contributed by atoms with Crippen molar-refractivity contribution in [2.75, 3.05) is 7.05 Å². The molecule has 0 bridgehead atoms. The molecule has 0 atom stereocenters. The summed E-state index contributed by atoms with van der Waals surface area (Å²) >= 11 is 13.5. The molecule has 0 aliphatic carbocycles. The van der Waals surface area contributed by atoms with Crippen LogP contribution in [0.1, 0.15) is 16.3 Å². The van der Waals surface area contributed by atoms with Crippen LogP contribution < -0.4 is 0 Å². The van der Waals surface area contributed by atoms with Crippen LogP contribution in [0.2, 0.25) is 5.02 Å². The van der Waals surface area contributed by atoms with E-state index in [1.165, 1.54) is 0 Å². The van der Waals surface area contributed by atoms with Gasteiger partial charge in [0.15, 0.2) is 0 Å². The second-order valence-electron chi connectivity index (χ2n) is 4.13. The second kappa shape index (κ2) is 6.53. The van der Waals surface area contributed by atoms with Crippen molar-refractivity contribution >= 4 is 34.5 Å². The highest BCUT2D eigenvalue weighted by molar-refractivity contribution is 7.09. The molecule has 0 aliphatic heterocycles. The van der Waals surface area contributed by atoms with Gasteiger partial charge in [-0.2, -0.15) is 0 Å². The standard InChI is InChI=1S/C13H14Cl2N2S/c1-17(7-10-4-2-3-5-12(10)15)8-13-16-11(6-14)9-18-13/h2-5,9H,6-8H2,1H3. The van der Waals surface area contributed by atoms with Crippen molar-refractivity contribution in [2.24, 2.45) is 0 Å². The van der Waals surface area contributed by atoms with E-state index in [1.54, 1.807) is 11.3 Å². The Labute approximate surface area is 121 Å². The van der Waals surface area contributed by atoms with E-state index in [0.29, 0.717) is 5.88 Å².